The first kappa shape index (κ1) is 13.5. The molecular formula is C15H18N2O2S. The molecule has 1 saturated heterocycles. The van der Waals surface area contributed by atoms with Crippen molar-refractivity contribution in [2.75, 3.05) is 31.9 Å². The summed E-state index contributed by atoms with van der Waals surface area (Å²) < 4.78 is 0. The van der Waals surface area contributed by atoms with Gasteiger partial charge in [0.05, 0.1) is 5.92 Å². The Kier molecular flexibility index (Phi) is 3.70. The van der Waals surface area contributed by atoms with Crippen LogP contribution in [0.25, 0.3) is 0 Å². The van der Waals surface area contributed by atoms with Crippen molar-refractivity contribution in [1.82, 2.24) is 9.80 Å². The first-order valence-corrected chi connectivity index (χ1v) is 7.91. The molecule has 1 atom stereocenters. The molecule has 0 radical (unpaired) electrons. The molecule has 0 N–H and O–H groups in total. The highest BCUT2D eigenvalue weighted by Gasteiger charge is 2.33. The maximum atomic E-state index is 12.6. The van der Waals surface area contributed by atoms with E-state index >= 15 is 0 Å². The molecule has 1 aromatic carbocycles. The second-order valence-corrected chi connectivity index (χ2v) is 6.29. The number of fused-ring (bicyclic) bond motifs is 1. The fraction of sp³-hybridized carbons (Fsp3) is 0.467. The van der Waals surface area contributed by atoms with Gasteiger partial charge in [0.25, 0.3) is 0 Å². The molecule has 106 valence electrons. The Morgan fingerprint density at radius 3 is 2.45 bits per heavy atom. The smallest absolute Gasteiger partial charge is 0.231 e. The molecule has 0 saturated carbocycles. The third-order valence-electron chi connectivity index (χ3n) is 4.03. The molecule has 2 aliphatic rings. The zero-order valence-corrected chi connectivity index (χ0v) is 12.4. The standard InChI is InChI=1S/C15H18N2O2S/c1-11(18)16-6-8-17(9-7-16)15(19)13-10-20-14-5-3-2-4-12(13)14/h2-5,13H,6-10H2,1H3. The second kappa shape index (κ2) is 5.48. The molecule has 2 amide bonds. The molecular weight excluding hydrogens is 272 g/mol. The molecule has 0 spiro atoms. The van der Waals surface area contributed by atoms with Crippen LogP contribution in [-0.2, 0) is 9.59 Å². The SMILES string of the molecule is CC(=O)N1CCN(C(=O)C2CSc3ccccc32)CC1. The fourth-order valence-electron chi connectivity index (χ4n) is 2.83. The average Bonchev–Trinajstić information content (AvgIpc) is 2.90. The van der Waals surface area contributed by atoms with Gasteiger partial charge in [0.2, 0.25) is 11.8 Å². The number of hydrogen-bond acceptors (Lipinski definition) is 3. The molecule has 0 aliphatic carbocycles. The summed E-state index contributed by atoms with van der Waals surface area (Å²) >= 11 is 1.76. The Labute approximate surface area is 123 Å². The highest BCUT2D eigenvalue weighted by atomic mass is 32.2. The Hall–Kier alpha value is -1.49. The Balaban J connectivity index is 1.68. The van der Waals surface area contributed by atoms with E-state index in [1.807, 2.05) is 17.0 Å². The van der Waals surface area contributed by atoms with E-state index in [-0.39, 0.29) is 17.7 Å². The van der Waals surface area contributed by atoms with Gasteiger partial charge in [-0.1, -0.05) is 18.2 Å². The van der Waals surface area contributed by atoms with Gasteiger partial charge in [-0.3, -0.25) is 9.59 Å². The quantitative estimate of drug-likeness (QED) is 0.788. The minimum Gasteiger partial charge on any atom is -0.339 e. The maximum Gasteiger partial charge on any atom is 0.231 e. The highest BCUT2D eigenvalue weighted by molar-refractivity contribution is 7.99. The highest BCUT2D eigenvalue weighted by Crippen LogP contribution is 2.40. The predicted octanol–water partition coefficient (Wildman–Crippen LogP) is 1.57. The molecule has 2 heterocycles. The number of rotatable bonds is 1. The predicted molar refractivity (Wildman–Crippen MR) is 78.7 cm³/mol. The van der Waals surface area contributed by atoms with Crippen LogP contribution < -0.4 is 0 Å². The van der Waals surface area contributed by atoms with E-state index in [1.165, 1.54) is 4.90 Å². The van der Waals surface area contributed by atoms with Gasteiger partial charge in [-0.15, -0.1) is 11.8 Å². The van der Waals surface area contributed by atoms with Gasteiger partial charge >= 0.3 is 0 Å². The van der Waals surface area contributed by atoms with Crippen LogP contribution in [0.1, 0.15) is 18.4 Å². The maximum absolute atomic E-state index is 12.6. The summed E-state index contributed by atoms with van der Waals surface area (Å²) in [5, 5.41) is 0. The summed E-state index contributed by atoms with van der Waals surface area (Å²) in [5.41, 5.74) is 1.16. The lowest BCUT2D eigenvalue weighted by atomic mass is 9.99. The zero-order chi connectivity index (χ0) is 14.1. The molecule has 0 aromatic heterocycles. The Morgan fingerprint density at radius 2 is 1.75 bits per heavy atom. The molecule has 2 aliphatic heterocycles. The van der Waals surface area contributed by atoms with Crippen LogP contribution in [0.3, 0.4) is 0 Å². The lowest BCUT2D eigenvalue weighted by Crippen LogP contribution is -2.51. The van der Waals surface area contributed by atoms with Crippen LogP contribution in [0.4, 0.5) is 0 Å². The van der Waals surface area contributed by atoms with E-state index in [0.29, 0.717) is 26.2 Å². The minimum atomic E-state index is -0.0138. The van der Waals surface area contributed by atoms with Crippen LogP contribution in [-0.4, -0.2) is 53.5 Å². The molecule has 20 heavy (non-hydrogen) atoms. The van der Waals surface area contributed by atoms with Crippen molar-refractivity contribution < 1.29 is 9.59 Å². The van der Waals surface area contributed by atoms with Crippen molar-refractivity contribution in [2.24, 2.45) is 0 Å². The van der Waals surface area contributed by atoms with E-state index in [1.54, 1.807) is 23.6 Å². The van der Waals surface area contributed by atoms with Gasteiger partial charge in [-0.25, -0.2) is 0 Å². The number of benzene rings is 1. The summed E-state index contributed by atoms with van der Waals surface area (Å²) in [5.74, 6) is 1.13. The molecule has 1 unspecified atom stereocenters. The van der Waals surface area contributed by atoms with E-state index in [2.05, 4.69) is 12.1 Å². The van der Waals surface area contributed by atoms with Gasteiger partial charge in [-0.2, -0.15) is 0 Å². The van der Waals surface area contributed by atoms with Gasteiger partial charge in [0.1, 0.15) is 0 Å². The summed E-state index contributed by atoms with van der Waals surface area (Å²) in [4.78, 5) is 28.9. The molecule has 4 nitrogen and oxygen atoms in total. The lowest BCUT2D eigenvalue weighted by Gasteiger charge is -2.35. The summed E-state index contributed by atoms with van der Waals surface area (Å²) in [6, 6.07) is 8.16. The number of hydrogen-bond donors (Lipinski definition) is 0. The van der Waals surface area contributed by atoms with Crippen molar-refractivity contribution in [3.63, 3.8) is 0 Å². The van der Waals surface area contributed by atoms with Gasteiger partial charge < -0.3 is 9.80 Å². The van der Waals surface area contributed by atoms with E-state index in [0.717, 1.165) is 11.3 Å². The third-order valence-corrected chi connectivity index (χ3v) is 5.22. The van der Waals surface area contributed by atoms with Crippen molar-refractivity contribution >= 4 is 23.6 Å². The van der Waals surface area contributed by atoms with Gasteiger partial charge in [0.15, 0.2) is 0 Å². The molecule has 1 aromatic rings. The largest absolute Gasteiger partial charge is 0.339 e. The monoisotopic (exact) mass is 290 g/mol. The summed E-state index contributed by atoms with van der Waals surface area (Å²) in [7, 11) is 0. The molecule has 5 heteroatoms. The van der Waals surface area contributed by atoms with Gasteiger partial charge in [0, 0.05) is 43.8 Å². The van der Waals surface area contributed by atoms with Crippen molar-refractivity contribution in [1.29, 1.82) is 0 Å². The first-order chi connectivity index (χ1) is 9.66. The lowest BCUT2D eigenvalue weighted by molar-refractivity contribution is -0.139. The molecule has 1 fully saturated rings. The zero-order valence-electron chi connectivity index (χ0n) is 11.5. The first-order valence-electron chi connectivity index (χ1n) is 6.93. The van der Waals surface area contributed by atoms with Crippen LogP contribution in [0.5, 0.6) is 0 Å². The van der Waals surface area contributed by atoms with E-state index < -0.39 is 0 Å². The fourth-order valence-corrected chi connectivity index (χ4v) is 4.05. The van der Waals surface area contributed by atoms with Gasteiger partial charge in [-0.05, 0) is 11.6 Å². The number of carbonyl (C=O) groups excluding carboxylic acids is 2. The van der Waals surface area contributed by atoms with Crippen LogP contribution in [0.2, 0.25) is 0 Å². The van der Waals surface area contributed by atoms with Crippen molar-refractivity contribution in [3.05, 3.63) is 29.8 Å². The Bertz CT molecular complexity index is 538. The number of carbonyl (C=O) groups is 2. The number of piperazine rings is 1. The number of thioether (sulfide) groups is 1. The number of amides is 2. The molecule has 3 rings (SSSR count). The summed E-state index contributed by atoms with van der Waals surface area (Å²) in [6.45, 7) is 4.20. The topological polar surface area (TPSA) is 40.6 Å². The average molecular weight is 290 g/mol. The van der Waals surface area contributed by atoms with Crippen LogP contribution in [0, 0.1) is 0 Å². The number of nitrogens with zero attached hydrogens (tertiary/aromatic N) is 2. The van der Waals surface area contributed by atoms with Crippen molar-refractivity contribution in [3.8, 4) is 0 Å². The minimum absolute atomic E-state index is 0.0138. The third kappa shape index (κ3) is 2.42. The van der Waals surface area contributed by atoms with Crippen LogP contribution >= 0.6 is 11.8 Å². The Morgan fingerprint density at radius 1 is 1.10 bits per heavy atom. The summed E-state index contributed by atoms with van der Waals surface area (Å²) in [6.07, 6.45) is 0. The normalized spacial score (nSPS) is 21.8. The van der Waals surface area contributed by atoms with E-state index in [4.69, 9.17) is 0 Å². The second-order valence-electron chi connectivity index (χ2n) is 5.23. The molecule has 0 bridgehead atoms. The van der Waals surface area contributed by atoms with E-state index in [9.17, 15) is 9.59 Å². The van der Waals surface area contributed by atoms with Crippen molar-refractivity contribution in [2.45, 2.75) is 17.7 Å². The van der Waals surface area contributed by atoms with Crippen LogP contribution in [0.15, 0.2) is 29.2 Å².